The first-order valence-electron chi connectivity index (χ1n) is 22.1. The molecule has 18 nitrogen and oxygen atoms in total. The largest absolute Gasteiger partial charge is 0.435 e. The van der Waals surface area contributed by atoms with Crippen LogP contribution in [-0.2, 0) is 57.2 Å². The van der Waals surface area contributed by atoms with Gasteiger partial charge in [0.15, 0.2) is 70.8 Å². The minimum absolute atomic E-state index is 0.176. The Balaban J connectivity index is 1.40. The third-order valence-electron chi connectivity index (χ3n) is 12.0. The van der Waals surface area contributed by atoms with E-state index in [-0.39, 0.29) is 73.4 Å². The first-order valence-corrected chi connectivity index (χ1v) is 22.1. The third-order valence-corrected chi connectivity index (χ3v) is 12.0. The summed E-state index contributed by atoms with van der Waals surface area (Å²) in [6.45, 7) is 4.39. The summed E-state index contributed by atoms with van der Waals surface area (Å²) in [5.41, 5.74) is 0.865. The van der Waals surface area contributed by atoms with Crippen LogP contribution >= 0.6 is 0 Å². The highest BCUT2D eigenvalue weighted by molar-refractivity contribution is 5.93. The second kappa shape index (κ2) is 21.7. The summed E-state index contributed by atoms with van der Waals surface area (Å²) in [4.78, 5) is 98.0. The summed E-state index contributed by atoms with van der Waals surface area (Å²) in [7, 11) is 10.9. The van der Waals surface area contributed by atoms with Gasteiger partial charge in [0.1, 0.15) is 75.7 Å². The molecule has 0 aromatic rings. The molecule has 6 aliphatic heterocycles. The van der Waals surface area contributed by atoms with Crippen molar-refractivity contribution in [3.8, 4) is 0 Å². The molecule has 1 fully saturated rings. The predicted octanol–water partition coefficient (Wildman–Crippen LogP) is -0.0727. The topological polar surface area (TPSA) is 177 Å². The van der Waals surface area contributed by atoms with Gasteiger partial charge in [0, 0.05) is 0 Å². The molecule has 7 rings (SSSR count). The monoisotopic (exact) mass is 912 g/mol. The lowest BCUT2D eigenvalue weighted by molar-refractivity contribution is -0.258. The van der Waals surface area contributed by atoms with Gasteiger partial charge in [0.05, 0.1) is 77.1 Å². The van der Waals surface area contributed by atoms with E-state index in [9.17, 15) is 28.8 Å². The normalized spacial score (nSPS) is 28.1. The van der Waals surface area contributed by atoms with Gasteiger partial charge in [0.25, 0.3) is 0 Å². The Morgan fingerprint density at radius 3 is 0.924 bits per heavy atom. The Bertz CT molecular complexity index is 1900. The predicted molar refractivity (Wildman–Crippen MR) is 239 cm³/mol. The molecular formula is C48H60N6O12+6. The van der Waals surface area contributed by atoms with Crippen LogP contribution in [0.3, 0.4) is 0 Å². The van der Waals surface area contributed by atoms with Crippen molar-refractivity contribution in [2.24, 2.45) is 0 Å². The highest BCUT2D eigenvalue weighted by Crippen LogP contribution is 2.38. The summed E-state index contributed by atoms with van der Waals surface area (Å²) in [6, 6.07) is 0. The van der Waals surface area contributed by atoms with E-state index in [0.29, 0.717) is 39.3 Å². The molecule has 7 aliphatic rings. The van der Waals surface area contributed by atoms with Gasteiger partial charge in [-0.25, -0.2) is 28.8 Å². The number of rotatable bonds is 12. The highest BCUT2D eigenvalue weighted by atomic mass is 16.7. The van der Waals surface area contributed by atoms with Crippen LogP contribution in [0.15, 0.2) is 70.9 Å². The number of carbonyl (C=O) groups excluding carboxylic acids is 6. The van der Waals surface area contributed by atoms with Crippen molar-refractivity contribution < 1.29 is 57.2 Å². The number of likely N-dealkylation sites (N-methyl/N-ethyl adjacent to an activating group) is 6. The average Bonchev–Trinajstić information content (AvgIpc) is 3.29. The molecule has 1 aliphatic carbocycles. The maximum absolute atomic E-state index is 14.5. The Morgan fingerprint density at radius 1 is 0.424 bits per heavy atom. The molecule has 6 heterocycles. The van der Waals surface area contributed by atoms with Gasteiger partial charge in [-0.05, 0) is 42.3 Å². The molecule has 0 radical (unpaired) electrons. The minimum atomic E-state index is -1.82. The van der Waals surface area contributed by atoms with Gasteiger partial charge in [0.2, 0.25) is 0 Å². The first-order chi connectivity index (χ1) is 31.6. The fraction of sp³-hybridized carbons (Fsp3) is 0.500. The first kappa shape index (κ1) is 48.2. The van der Waals surface area contributed by atoms with Gasteiger partial charge in [-0.15, -0.1) is 0 Å². The fourth-order valence-electron chi connectivity index (χ4n) is 8.62. The molecule has 0 N–H and O–H groups in total. The highest BCUT2D eigenvalue weighted by Gasteiger charge is 2.64. The molecule has 6 unspecified atom stereocenters. The summed E-state index contributed by atoms with van der Waals surface area (Å²) in [6.07, 6.45) is 9.40. The van der Waals surface area contributed by atoms with E-state index in [0.717, 1.165) is 0 Å². The van der Waals surface area contributed by atoms with Gasteiger partial charge >= 0.3 is 35.8 Å². The molecule has 0 amide bonds. The van der Waals surface area contributed by atoms with Crippen molar-refractivity contribution >= 4 is 35.8 Å². The van der Waals surface area contributed by atoms with Gasteiger partial charge in [-0.2, -0.15) is 0 Å². The molecule has 0 aromatic heterocycles. The van der Waals surface area contributed by atoms with E-state index in [1.165, 1.54) is 0 Å². The van der Waals surface area contributed by atoms with Crippen molar-refractivity contribution in [2.75, 3.05) is 121 Å². The van der Waals surface area contributed by atoms with E-state index in [2.05, 4.69) is 0 Å². The standard InChI is InChI=1S/C48H60N6O12/c1-49-19-7-13-31(25-49)43(55)61-37-38(62-44(56)32-14-8-20-50(2)26-32)40(64-46(58)34-16-10-22-52(4)28-34)42(66-48(60)36-18-12-24-54(6)30-36)41(65-47(59)35-17-11-23-53(5)29-35)39(37)63-45(57)33-15-9-21-51(3)27-33/h7-18,37-42H,19-30H2,1-6H3/q+6. The van der Waals surface area contributed by atoms with Crippen LogP contribution in [0.4, 0.5) is 0 Å². The summed E-state index contributed by atoms with van der Waals surface area (Å²) >= 11 is 0. The van der Waals surface area contributed by atoms with Gasteiger partial charge < -0.3 is 28.4 Å². The Labute approximate surface area is 387 Å². The van der Waals surface area contributed by atoms with E-state index in [4.69, 9.17) is 28.4 Å². The van der Waals surface area contributed by atoms with E-state index < -0.39 is 72.4 Å². The maximum atomic E-state index is 14.5. The Kier molecular flexibility index (Phi) is 15.8. The van der Waals surface area contributed by atoms with Crippen LogP contribution in [-0.4, -0.2) is 223 Å². The smallest absolute Gasteiger partial charge is 0.421 e. The van der Waals surface area contributed by atoms with Crippen molar-refractivity contribution in [1.82, 2.24) is 29.4 Å². The van der Waals surface area contributed by atoms with Gasteiger partial charge in [-0.1, -0.05) is 0 Å². The number of carbonyl (C=O) groups is 6. The third kappa shape index (κ3) is 12.0. The van der Waals surface area contributed by atoms with Crippen LogP contribution in [0.1, 0.15) is 0 Å². The summed E-state index contributed by atoms with van der Waals surface area (Å²) < 4.78 is 38.2. The minimum Gasteiger partial charge on any atom is -0.435 e. The molecule has 0 saturated heterocycles. The summed E-state index contributed by atoms with van der Waals surface area (Å²) in [5.74, 6) is -4.77. The number of hydrogen-bond donors (Lipinski definition) is 0. The molecule has 66 heavy (non-hydrogen) atoms. The van der Waals surface area contributed by atoms with Crippen LogP contribution in [0, 0.1) is 37.5 Å². The SMILES string of the molecule is CN1C[CH+]C=C(C(=O)OC2C(OC(=O)C3=C[CH+]CN(C)C3)C(OC(=O)C3=C[CH+]CN(C)C3)C(OC(=O)[C+]3C=CCN(C)C3)C(OC(=O)[C+]3C=CCN(C)C3)C2OC(=O)C2=C[CH+]CN(C)C2)C1. The lowest BCUT2D eigenvalue weighted by atomic mass is 9.83. The van der Waals surface area contributed by atoms with Crippen LogP contribution in [0.5, 0.6) is 0 Å². The maximum Gasteiger partial charge on any atom is 0.421 e. The summed E-state index contributed by atoms with van der Waals surface area (Å²) in [5, 5.41) is 0. The van der Waals surface area contributed by atoms with E-state index in [1.54, 1.807) is 74.3 Å². The molecule has 1 saturated carbocycles. The van der Waals surface area contributed by atoms with Crippen LogP contribution in [0.25, 0.3) is 0 Å². The number of hydrogen-bond acceptors (Lipinski definition) is 18. The van der Waals surface area contributed by atoms with Crippen LogP contribution in [0.2, 0.25) is 0 Å². The van der Waals surface area contributed by atoms with Crippen molar-refractivity contribution in [2.45, 2.75) is 36.6 Å². The Hall–Kier alpha value is -5.76. The quantitative estimate of drug-likeness (QED) is 0.144. The van der Waals surface area contributed by atoms with Crippen molar-refractivity contribution in [3.05, 3.63) is 108 Å². The number of nitrogens with zero attached hydrogens (tertiary/aromatic N) is 6. The average molecular weight is 913 g/mol. The molecule has 0 aromatic carbocycles. The fourth-order valence-corrected chi connectivity index (χ4v) is 8.62. The zero-order valence-corrected chi connectivity index (χ0v) is 38.5. The molecule has 348 valence electrons. The molecule has 18 heteroatoms. The van der Waals surface area contributed by atoms with Crippen LogP contribution < -0.4 is 0 Å². The van der Waals surface area contributed by atoms with E-state index >= 15 is 0 Å². The van der Waals surface area contributed by atoms with Crippen molar-refractivity contribution in [1.29, 1.82) is 0 Å². The number of ether oxygens (including phenoxy) is 6. The van der Waals surface area contributed by atoms with Gasteiger partial charge in [-0.3, -0.25) is 29.4 Å². The van der Waals surface area contributed by atoms with E-state index in [1.807, 2.05) is 71.7 Å². The lowest BCUT2D eigenvalue weighted by Crippen LogP contribution is -2.69. The Morgan fingerprint density at radius 2 is 0.682 bits per heavy atom. The molecule has 0 bridgehead atoms. The second-order valence-electron chi connectivity index (χ2n) is 18.0. The molecular weight excluding hydrogens is 853 g/mol. The molecule has 6 atom stereocenters. The molecule has 0 spiro atoms. The zero-order valence-electron chi connectivity index (χ0n) is 38.5. The number of esters is 6. The lowest BCUT2D eigenvalue weighted by Gasteiger charge is -2.46. The second-order valence-corrected chi connectivity index (χ2v) is 18.0. The van der Waals surface area contributed by atoms with Crippen molar-refractivity contribution in [3.63, 3.8) is 0 Å². The zero-order chi connectivity index (χ0) is 47.1.